The van der Waals surface area contributed by atoms with Crippen molar-refractivity contribution in [3.63, 3.8) is 0 Å². The van der Waals surface area contributed by atoms with Gasteiger partial charge in [0.2, 0.25) is 0 Å². The maximum absolute atomic E-state index is 14.2. The molecule has 5 nitrogen and oxygen atoms in total. The molecular weight excluding hydrogens is 500 g/mol. The van der Waals surface area contributed by atoms with Crippen LogP contribution in [0.4, 0.5) is 23.2 Å². The summed E-state index contributed by atoms with van der Waals surface area (Å²) in [7, 11) is 1.32. The third-order valence-electron chi connectivity index (χ3n) is 7.31. The number of methoxy groups -OCH3 is 1. The molecule has 1 aliphatic rings. The van der Waals surface area contributed by atoms with Gasteiger partial charge >= 0.3 is 12.1 Å². The molecule has 202 valence electrons. The number of nitrogens with zero attached hydrogens (tertiary/aromatic N) is 1. The van der Waals surface area contributed by atoms with Gasteiger partial charge in [-0.15, -0.1) is 0 Å². The van der Waals surface area contributed by atoms with E-state index in [9.17, 15) is 22.4 Å². The number of carboxylic acid groups (broad SMARTS) is 1. The number of benzene rings is 2. The van der Waals surface area contributed by atoms with Crippen molar-refractivity contribution in [1.82, 2.24) is 4.98 Å². The van der Waals surface area contributed by atoms with E-state index >= 15 is 0 Å². The Morgan fingerprint density at radius 1 is 1.11 bits per heavy atom. The quantitative estimate of drug-likeness (QED) is 0.290. The summed E-state index contributed by atoms with van der Waals surface area (Å²) < 4.78 is 61.8. The summed E-state index contributed by atoms with van der Waals surface area (Å²) in [6, 6.07) is 11.4. The lowest BCUT2D eigenvalue weighted by atomic mass is 9.77. The standard InChI is InChI=1S/C29H30F4N2O3/c1-3-17-7-9-18(10-8-17)19-11-12-21(23(13-19)29(31,32)33)25-6-4-5-20(35-25)16-34-26-15-24(30)22(28(36)37)14-27(26)38-2/h4-6,11-15,17-18,34H,3,7-10,16H2,1-2H3,(H,36,37). The number of rotatable bonds is 8. The number of nitrogens with one attached hydrogen (secondary N) is 1. The number of hydrogen-bond acceptors (Lipinski definition) is 4. The van der Waals surface area contributed by atoms with E-state index in [4.69, 9.17) is 9.84 Å². The van der Waals surface area contributed by atoms with Gasteiger partial charge in [0, 0.05) is 11.6 Å². The first-order valence-corrected chi connectivity index (χ1v) is 12.6. The van der Waals surface area contributed by atoms with Gasteiger partial charge in [-0.25, -0.2) is 9.18 Å². The minimum Gasteiger partial charge on any atom is -0.495 e. The molecule has 1 fully saturated rings. The lowest BCUT2D eigenvalue weighted by molar-refractivity contribution is -0.137. The second-order valence-electron chi connectivity index (χ2n) is 9.63. The average Bonchev–Trinajstić information content (AvgIpc) is 2.91. The van der Waals surface area contributed by atoms with Crippen LogP contribution >= 0.6 is 0 Å². The van der Waals surface area contributed by atoms with Crippen molar-refractivity contribution in [2.75, 3.05) is 12.4 Å². The Hall–Kier alpha value is -3.62. The molecule has 2 aromatic carbocycles. The van der Waals surface area contributed by atoms with Crippen LogP contribution in [-0.4, -0.2) is 23.2 Å². The smallest absolute Gasteiger partial charge is 0.417 e. The van der Waals surface area contributed by atoms with Crippen LogP contribution < -0.4 is 10.1 Å². The van der Waals surface area contributed by atoms with Gasteiger partial charge < -0.3 is 15.2 Å². The number of carboxylic acids is 1. The normalized spacial score (nSPS) is 17.7. The van der Waals surface area contributed by atoms with Gasteiger partial charge in [-0.05, 0) is 67.3 Å². The molecule has 1 aliphatic carbocycles. The zero-order chi connectivity index (χ0) is 27.4. The fraction of sp³-hybridized carbons (Fsp3) is 0.379. The van der Waals surface area contributed by atoms with Crippen molar-refractivity contribution in [3.8, 4) is 17.0 Å². The molecule has 1 heterocycles. The van der Waals surface area contributed by atoms with Gasteiger partial charge in [-0.2, -0.15) is 13.2 Å². The van der Waals surface area contributed by atoms with Crippen molar-refractivity contribution in [1.29, 1.82) is 0 Å². The molecule has 3 aromatic rings. The minimum absolute atomic E-state index is 0.000203. The highest BCUT2D eigenvalue weighted by Crippen LogP contribution is 2.42. The molecule has 0 bridgehead atoms. The summed E-state index contributed by atoms with van der Waals surface area (Å²) in [5.41, 5.74) is 0.263. The molecule has 1 aromatic heterocycles. The Morgan fingerprint density at radius 2 is 1.84 bits per heavy atom. The van der Waals surface area contributed by atoms with Gasteiger partial charge in [0.15, 0.2) is 0 Å². The molecule has 0 spiro atoms. The number of pyridine rings is 1. The van der Waals surface area contributed by atoms with E-state index in [0.29, 0.717) is 17.2 Å². The number of aromatic carboxylic acids is 1. The van der Waals surface area contributed by atoms with Gasteiger partial charge in [0.25, 0.3) is 0 Å². The third kappa shape index (κ3) is 6.09. The number of hydrogen-bond donors (Lipinski definition) is 2. The molecule has 0 radical (unpaired) electrons. The first kappa shape index (κ1) is 27.4. The van der Waals surface area contributed by atoms with Gasteiger partial charge in [0.05, 0.1) is 41.9 Å². The van der Waals surface area contributed by atoms with Crippen molar-refractivity contribution in [3.05, 3.63) is 76.7 Å². The summed E-state index contributed by atoms with van der Waals surface area (Å²) in [5.74, 6) is -1.48. The SMILES string of the molecule is CCC1CCC(c2ccc(-c3cccc(CNc4cc(F)c(C(=O)O)cc4OC)n3)c(C(F)(F)F)c2)CC1. The molecule has 4 rings (SSSR count). The number of halogens is 4. The Bertz CT molecular complexity index is 1300. The number of aromatic nitrogens is 1. The Labute approximate surface area is 218 Å². The lowest BCUT2D eigenvalue weighted by Gasteiger charge is -2.28. The van der Waals surface area contributed by atoms with Crippen LogP contribution in [0, 0.1) is 11.7 Å². The minimum atomic E-state index is -4.54. The Morgan fingerprint density at radius 3 is 2.47 bits per heavy atom. The molecule has 0 aliphatic heterocycles. The predicted octanol–water partition coefficient (Wildman–Crippen LogP) is 7.91. The largest absolute Gasteiger partial charge is 0.495 e. The first-order valence-electron chi connectivity index (χ1n) is 12.6. The molecule has 0 atom stereocenters. The van der Waals surface area contributed by atoms with Crippen LogP contribution in [0.1, 0.15) is 72.1 Å². The molecule has 38 heavy (non-hydrogen) atoms. The van der Waals surface area contributed by atoms with Gasteiger partial charge in [0.1, 0.15) is 11.6 Å². The summed E-state index contributed by atoms with van der Waals surface area (Å²) >= 11 is 0. The number of carbonyl (C=O) groups is 1. The first-order chi connectivity index (χ1) is 18.1. The Kier molecular flexibility index (Phi) is 8.23. The molecular formula is C29H30F4N2O3. The summed E-state index contributed by atoms with van der Waals surface area (Å²) in [5, 5.41) is 12.0. The van der Waals surface area contributed by atoms with E-state index in [1.165, 1.54) is 25.3 Å². The van der Waals surface area contributed by atoms with Crippen LogP contribution in [0.5, 0.6) is 5.75 Å². The van der Waals surface area contributed by atoms with E-state index in [1.54, 1.807) is 18.2 Å². The van der Waals surface area contributed by atoms with E-state index in [1.807, 2.05) is 0 Å². The van der Waals surface area contributed by atoms with Crippen molar-refractivity contribution >= 4 is 11.7 Å². The van der Waals surface area contributed by atoms with Crippen LogP contribution in [0.3, 0.4) is 0 Å². The highest BCUT2D eigenvalue weighted by atomic mass is 19.4. The number of alkyl halides is 3. The maximum Gasteiger partial charge on any atom is 0.417 e. The van der Waals surface area contributed by atoms with E-state index in [2.05, 4.69) is 17.2 Å². The second-order valence-corrected chi connectivity index (χ2v) is 9.63. The zero-order valence-corrected chi connectivity index (χ0v) is 21.2. The summed E-state index contributed by atoms with van der Waals surface area (Å²) in [6.07, 6.45) is 0.422. The van der Waals surface area contributed by atoms with E-state index in [0.717, 1.165) is 44.2 Å². The molecule has 0 amide bonds. The van der Waals surface area contributed by atoms with E-state index < -0.39 is 29.1 Å². The highest BCUT2D eigenvalue weighted by molar-refractivity contribution is 5.89. The molecule has 0 unspecified atom stereocenters. The fourth-order valence-electron chi connectivity index (χ4n) is 5.12. The van der Waals surface area contributed by atoms with Crippen LogP contribution in [0.15, 0.2) is 48.5 Å². The van der Waals surface area contributed by atoms with Crippen molar-refractivity contribution in [2.45, 2.75) is 57.7 Å². The number of ether oxygens (including phenoxy) is 1. The fourth-order valence-corrected chi connectivity index (χ4v) is 5.12. The van der Waals surface area contributed by atoms with Crippen molar-refractivity contribution < 1.29 is 32.2 Å². The van der Waals surface area contributed by atoms with E-state index in [-0.39, 0.29) is 35.2 Å². The predicted molar refractivity (Wildman–Crippen MR) is 137 cm³/mol. The Balaban J connectivity index is 1.59. The third-order valence-corrected chi connectivity index (χ3v) is 7.31. The average molecular weight is 531 g/mol. The number of anilines is 1. The topological polar surface area (TPSA) is 71.5 Å². The van der Waals surface area contributed by atoms with Crippen molar-refractivity contribution in [2.24, 2.45) is 5.92 Å². The monoisotopic (exact) mass is 530 g/mol. The van der Waals surface area contributed by atoms with Gasteiger partial charge in [-0.1, -0.05) is 31.5 Å². The summed E-state index contributed by atoms with van der Waals surface area (Å²) in [4.78, 5) is 15.6. The van der Waals surface area contributed by atoms with Crippen LogP contribution in [0.25, 0.3) is 11.3 Å². The zero-order valence-electron chi connectivity index (χ0n) is 21.2. The van der Waals surface area contributed by atoms with Gasteiger partial charge in [-0.3, -0.25) is 4.98 Å². The molecule has 1 saturated carbocycles. The molecule has 2 N–H and O–H groups in total. The molecule has 0 saturated heterocycles. The van der Waals surface area contributed by atoms with Crippen LogP contribution in [-0.2, 0) is 12.7 Å². The summed E-state index contributed by atoms with van der Waals surface area (Å²) in [6.45, 7) is 2.21. The maximum atomic E-state index is 14.2. The second kappa shape index (κ2) is 11.4. The highest BCUT2D eigenvalue weighted by Gasteiger charge is 2.35. The lowest BCUT2D eigenvalue weighted by Crippen LogP contribution is -2.14. The molecule has 9 heteroatoms. The van der Waals surface area contributed by atoms with Crippen LogP contribution in [0.2, 0.25) is 0 Å².